The maximum atomic E-state index is 11.4. The van der Waals surface area contributed by atoms with E-state index >= 15 is 0 Å². The van der Waals surface area contributed by atoms with Crippen LogP contribution in [0.25, 0.3) is 0 Å². The average Bonchev–Trinajstić information content (AvgIpc) is 2.85. The number of aromatic nitrogens is 1. The molecule has 0 bridgehead atoms. The Hall–Kier alpha value is -0.980. The summed E-state index contributed by atoms with van der Waals surface area (Å²) in [6.45, 7) is 4.30. The molecule has 0 fully saturated rings. The number of carbonyl (C=O) groups excluding carboxylic acids is 1. The predicted octanol–water partition coefficient (Wildman–Crippen LogP) is 0.599. The van der Waals surface area contributed by atoms with Gasteiger partial charge in [0.15, 0.2) is 0 Å². The zero-order valence-corrected chi connectivity index (χ0v) is 11.0. The van der Waals surface area contributed by atoms with E-state index in [2.05, 4.69) is 22.5 Å². The first-order valence-electron chi connectivity index (χ1n) is 5.59. The molecule has 0 aromatic carbocycles. The van der Waals surface area contributed by atoms with Gasteiger partial charge in [-0.1, -0.05) is 6.92 Å². The smallest absolute Gasteiger partial charge is 0.233 e. The van der Waals surface area contributed by atoms with E-state index in [1.807, 2.05) is 5.38 Å². The van der Waals surface area contributed by atoms with Crippen molar-refractivity contribution in [3.63, 3.8) is 0 Å². The minimum atomic E-state index is 0.00418. The lowest BCUT2D eigenvalue weighted by atomic mass is 10.2. The Morgan fingerprint density at radius 1 is 1.65 bits per heavy atom. The Morgan fingerprint density at radius 2 is 2.47 bits per heavy atom. The van der Waals surface area contributed by atoms with Gasteiger partial charge in [0, 0.05) is 37.7 Å². The van der Waals surface area contributed by atoms with Crippen molar-refractivity contribution in [2.75, 3.05) is 33.4 Å². The third-order valence-corrected chi connectivity index (χ3v) is 3.25. The lowest BCUT2D eigenvalue weighted by molar-refractivity contribution is -0.120. The first kappa shape index (κ1) is 14.1. The van der Waals surface area contributed by atoms with Crippen LogP contribution < -0.4 is 10.6 Å². The summed E-state index contributed by atoms with van der Waals surface area (Å²) in [4.78, 5) is 15.7. The first-order chi connectivity index (χ1) is 8.24. The highest BCUT2D eigenvalue weighted by Crippen LogP contribution is 2.15. The van der Waals surface area contributed by atoms with E-state index in [0.29, 0.717) is 26.2 Å². The minimum Gasteiger partial charge on any atom is -0.383 e. The third-order valence-electron chi connectivity index (χ3n) is 2.25. The molecule has 1 rings (SSSR count). The third kappa shape index (κ3) is 5.76. The van der Waals surface area contributed by atoms with Gasteiger partial charge in [-0.3, -0.25) is 4.79 Å². The second-order valence-electron chi connectivity index (χ2n) is 3.75. The molecule has 1 unspecified atom stereocenters. The summed E-state index contributed by atoms with van der Waals surface area (Å²) in [7, 11) is 1.64. The second kappa shape index (κ2) is 8.16. The van der Waals surface area contributed by atoms with Crippen molar-refractivity contribution >= 4 is 17.2 Å². The highest BCUT2D eigenvalue weighted by molar-refractivity contribution is 7.09. The predicted molar refractivity (Wildman–Crippen MR) is 68.3 cm³/mol. The van der Waals surface area contributed by atoms with Crippen molar-refractivity contribution < 1.29 is 9.53 Å². The van der Waals surface area contributed by atoms with E-state index in [9.17, 15) is 4.79 Å². The van der Waals surface area contributed by atoms with Gasteiger partial charge in [-0.05, 0) is 0 Å². The van der Waals surface area contributed by atoms with E-state index in [-0.39, 0.29) is 11.8 Å². The monoisotopic (exact) mass is 257 g/mol. The second-order valence-corrected chi connectivity index (χ2v) is 4.67. The number of nitrogens with one attached hydrogen (secondary N) is 2. The highest BCUT2D eigenvalue weighted by atomic mass is 32.1. The molecule has 5 nitrogen and oxygen atoms in total. The summed E-state index contributed by atoms with van der Waals surface area (Å²) < 4.78 is 4.87. The Balaban J connectivity index is 2.11. The summed E-state index contributed by atoms with van der Waals surface area (Å²) in [6, 6.07) is 0. The van der Waals surface area contributed by atoms with Crippen LogP contribution in [0.1, 0.15) is 17.8 Å². The summed E-state index contributed by atoms with van der Waals surface area (Å²) in [5.41, 5.74) is 0. The van der Waals surface area contributed by atoms with Crippen LogP contribution in [-0.2, 0) is 9.53 Å². The number of carbonyl (C=O) groups is 1. The number of thiazole rings is 1. The number of methoxy groups -OCH3 is 1. The fraction of sp³-hybridized carbons (Fsp3) is 0.636. The van der Waals surface area contributed by atoms with Crippen LogP contribution >= 0.6 is 11.3 Å². The van der Waals surface area contributed by atoms with Gasteiger partial charge in [0.2, 0.25) is 5.91 Å². The largest absolute Gasteiger partial charge is 0.383 e. The van der Waals surface area contributed by atoms with Crippen LogP contribution in [0, 0.1) is 0 Å². The van der Waals surface area contributed by atoms with Gasteiger partial charge in [0.25, 0.3) is 0 Å². The van der Waals surface area contributed by atoms with Gasteiger partial charge >= 0.3 is 0 Å². The number of amides is 1. The van der Waals surface area contributed by atoms with E-state index in [4.69, 9.17) is 4.74 Å². The fourth-order valence-corrected chi connectivity index (χ4v) is 1.97. The van der Waals surface area contributed by atoms with Crippen LogP contribution in [0.3, 0.4) is 0 Å². The molecule has 1 amide bonds. The maximum Gasteiger partial charge on any atom is 0.233 e. The Labute approximate surface area is 106 Å². The van der Waals surface area contributed by atoms with E-state index < -0.39 is 0 Å². The van der Waals surface area contributed by atoms with Crippen molar-refractivity contribution in [1.82, 2.24) is 15.6 Å². The first-order valence-corrected chi connectivity index (χ1v) is 6.47. The zero-order valence-electron chi connectivity index (χ0n) is 10.2. The number of hydrogen-bond acceptors (Lipinski definition) is 5. The molecule has 0 aliphatic heterocycles. The molecule has 1 heterocycles. The molecule has 0 saturated heterocycles. The normalized spacial score (nSPS) is 12.4. The number of ether oxygens (including phenoxy) is 1. The Kier molecular flexibility index (Phi) is 6.76. The molecular weight excluding hydrogens is 238 g/mol. The number of rotatable bonds is 8. The van der Waals surface area contributed by atoms with Crippen LogP contribution in [0.4, 0.5) is 0 Å². The molecular formula is C11H19N3O2S. The molecule has 96 valence electrons. The van der Waals surface area contributed by atoms with Crippen molar-refractivity contribution in [2.24, 2.45) is 0 Å². The molecule has 1 aromatic rings. The van der Waals surface area contributed by atoms with E-state index in [1.54, 1.807) is 24.6 Å². The molecule has 0 aliphatic carbocycles. The maximum absolute atomic E-state index is 11.4. The number of hydrogen-bond donors (Lipinski definition) is 2. The lowest BCUT2D eigenvalue weighted by Crippen LogP contribution is -2.36. The van der Waals surface area contributed by atoms with E-state index in [1.165, 1.54) is 0 Å². The van der Waals surface area contributed by atoms with Crippen molar-refractivity contribution in [3.05, 3.63) is 16.6 Å². The molecule has 17 heavy (non-hydrogen) atoms. The fourth-order valence-electron chi connectivity index (χ4n) is 1.27. The van der Waals surface area contributed by atoms with Crippen molar-refractivity contribution in [1.29, 1.82) is 0 Å². The van der Waals surface area contributed by atoms with Gasteiger partial charge in [0.1, 0.15) is 0 Å². The standard InChI is InChI=1S/C11H19N3O2S/c1-9(11-13-4-6-17-11)7-14-10(15)8-12-3-5-16-2/h4,6,9,12H,3,5,7-8H2,1-2H3,(H,14,15). The average molecular weight is 257 g/mol. The van der Waals surface area contributed by atoms with Crippen LogP contribution in [-0.4, -0.2) is 44.2 Å². The van der Waals surface area contributed by atoms with Gasteiger partial charge in [0.05, 0.1) is 18.2 Å². The van der Waals surface area contributed by atoms with E-state index in [0.717, 1.165) is 5.01 Å². The molecule has 0 saturated carbocycles. The Bertz CT molecular complexity index is 317. The summed E-state index contributed by atoms with van der Waals surface area (Å²) in [6.07, 6.45) is 1.78. The molecule has 0 aliphatic rings. The molecule has 2 N–H and O–H groups in total. The van der Waals surface area contributed by atoms with Crippen molar-refractivity contribution in [2.45, 2.75) is 12.8 Å². The SMILES string of the molecule is COCCNCC(=O)NCC(C)c1nccs1. The molecule has 0 radical (unpaired) electrons. The van der Waals surface area contributed by atoms with Crippen molar-refractivity contribution in [3.8, 4) is 0 Å². The lowest BCUT2D eigenvalue weighted by Gasteiger charge is -2.10. The zero-order chi connectivity index (χ0) is 12.5. The molecule has 6 heteroatoms. The number of nitrogens with zero attached hydrogens (tertiary/aromatic N) is 1. The van der Waals surface area contributed by atoms with Gasteiger partial charge < -0.3 is 15.4 Å². The van der Waals surface area contributed by atoms with Crippen LogP contribution in [0.5, 0.6) is 0 Å². The summed E-state index contributed by atoms with van der Waals surface area (Å²) in [5.74, 6) is 0.266. The topological polar surface area (TPSA) is 63.2 Å². The van der Waals surface area contributed by atoms with Gasteiger partial charge in [-0.15, -0.1) is 11.3 Å². The summed E-state index contributed by atoms with van der Waals surface area (Å²) >= 11 is 1.61. The summed E-state index contributed by atoms with van der Waals surface area (Å²) in [5, 5.41) is 8.86. The molecule has 1 aromatic heterocycles. The molecule has 0 spiro atoms. The quantitative estimate of drug-likeness (QED) is 0.669. The van der Waals surface area contributed by atoms with Crippen LogP contribution in [0.2, 0.25) is 0 Å². The van der Waals surface area contributed by atoms with Gasteiger partial charge in [-0.2, -0.15) is 0 Å². The molecule has 1 atom stereocenters. The van der Waals surface area contributed by atoms with Crippen LogP contribution in [0.15, 0.2) is 11.6 Å². The highest BCUT2D eigenvalue weighted by Gasteiger charge is 2.09. The van der Waals surface area contributed by atoms with Gasteiger partial charge in [-0.25, -0.2) is 4.98 Å². The Morgan fingerprint density at radius 3 is 3.12 bits per heavy atom. The minimum absolute atomic E-state index is 0.00418.